The second kappa shape index (κ2) is 12.3. The Morgan fingerprint density at radius 3 is 2.05 bits per heavy atom. The van der Waals surface area contributed by atoms with Crippen molar-refractivity contribution in [2.75, 3.05) is 14.2 Å². The maximum Gasteiger partial charge on any atom is 0.433 e. The van der Waals surface area contributed by atoms with Crippen molar-refractivity contribution in [1.82, 2.24) is 14.5 Å². The molecule has 8 nitrogen and oxygen atoms in total. The molecule has 3 aromatic carbocycles. The minimum Gasteiger partial charge on any atom is -0.493 e. The Balaban J connectivity index is 1.49. The van der Waals surface area contributed by atoms with E-state index in [9.17, 15) is 26.4 Å². The van der Waals surface area contributed by atoms with Gasteiger partial charge in [0.1, 0.15) is 5.69 Å². The first kappa shape index (κ1) is 30.5. The van der Waals surface area contributed by atoms with Crippen molar-refractivity contribution in [2.45, 2.75) is 23.6 Å². The van der Waals surface area contributed by atoms with Gasteiger partial charge in [0.2, 0.25) is 15.0 Å². The van der Waals surface area contributed by atoms with Gasteiger partial charge in [0.25, 0.3) is 5.56 Å². The fraction of sp³-hybridized carbons (Fsp3) is 0.156. The number of ether oxygens (including phenoxy) is 2. The summed E-state index contributed by atoms with van der Waals surface area (Å²) in [7, 11) is -1.45. The average molecular weight is 622 g/mol. The first-order valence-electron chi connectivity index (χ1n) is 13.2. The van der Waals surface area contributed by atoms with E-state index in [2.05, 4.69) is 9.97 Å². The Labute approximate surface area is 251 Å². The summed E-state index contributed by atoms with van der Waals surface area (Å²) in [6.07, 6.45) is -3.63. The SMILES string of the molecule is COc1ccc(Cn2cc(-c3cc(C(F)(F)F)nc(S(=O)(=O)Cc4ccc(-c5ccccc5)cc4)n3)ccc2=O)cc1OC. The van der Waals surface area contributed by atoms with Crippen LogP contribution in [0.15, 0.2) is 107 Å². The zero-order valence-electron chi connectivity index (χ0n) is 23.6. The molecule has 0 unspecified atom stereocenters. The van der Waals surface area contributed by atoms with Crippen LogP contribution in [0.1, 0.15) is 16.8 Å². The van der Waals surface area contributed by atoms with Gasteiger partial charge in [0.05, 0.1) is 32.2 Å². The van der Waals surface area contributed by atoms with E-state index in [0.717, 1.165) is 11.1 Å². The lowest BCUT2D eigenvalue weighted by Gasteiger charge is -2.13. The lowest BCUT2D eigenvalue weighted by Crippen LogP contribution is -2.20. The Bertz CT molecular complexity index is 1960. The number of alkyl halides is 3. The van der Waals surface area contributed by atoms with Crippen molar-refractivity contribution in [3.8, 4) is 33.9 Å². The molecule has 0 amide bonds. The van der Waals surface area contributed by atoms with Gasteiger partial charge in [-0.25, -0.2) is 18.4 Å². The van der Waals surface area contributed by atoms with E-state index < -0.39 is 38.2 Å². The first-order chi connectivity index (χ1) is 21.0. The number of sulfone groups is 1. The number of pyridine rings is 1. The number of aromatic nitrogens is 3. The van der Waals surface area contributed by atoms with Gasteiger partial charge in [0.15, 0.2) is 11.5 Å². The van der Waals surface area contributed by atoms with E-state index >= 15 is 0 Å². The van der Waals surface area contributed by atoms with Crippen molar-refractivity contribution in [1.29, 1.82) is 0 Å². The topological polar surface area (TPSA) is 100 Å². The van der Waals surface area contributed by atoms with E-state index in [0.29, 0.717) is 28.7 Å². The standard InChI is InChI=1S/C32H26F3N3O5S/c1-42-27-14-10-22(16-28(27)43-2)18-38-19-25(13-15-30(38)39)26-17-29(32(33,34)35)37-31(36-26)44(40,41)20-21-8-11-24(12-9-21)23-6-4-3-5-7-23/h3-17,19H,18,20H2,1-2H3. The van der Waals surface area contributed by atoms with E-state index in [1.165, 1.54) is 37.1 Å². The molecule has 44 heavy (non-hydrogen) atoms. The molecule has 0 aliphatic rings. The minimum atomic E-state index is -4.95. The van der Waals surface area contributed by atoms with Crippen molar-refractivity contribution >= 4 is 9.84 Å². The van der Waals surface area contributed by atoms with Crippen molar-refractivity contribution in [3.63, 3.8) is 0 Å². The van der Waals surface area contributed by atoms with Crippen LogP contribution in [0.5, 0.6) is 11.5 Å². The number of hydrogen-bond acceptors (Lipinski definition) is 7. The molecule has 0 spiro atoms. The molecule has 0 atom stereocenters. The quantitative estimate of drug-likeness (QED) is 0.185. The average Bonchev–Trinajstić information content (AvgIpc) is 3.02. The van der Waals surface area contributed by atoms with Crippen LogP contribution in [0.2, 0.25) is 0 Å². The number of rotatable bonds is 9. The molecule has 0 fully saturated rings. The highest BCUT2D eigenvalue weighted by Crippen LogP contribution is 2.32. The van der Waals surface area contributed by atoms with Crippen LogP contribution in [-0.4, -0.2) is 37.2 Å². The molecule has 0 N–H and O–H groups in total. The molecule has 0 aliphatic carbocycles. The number of nitrogens with zero attached hydrogens (tertiary/aromatic N) is 3. The third kappa shape index (κ3) is 6.81. The summed E-state index contributed by atoms with van der Waals surface area (Å²) < 4.78 is 80.1. The zero-order chi connectivity index (χ0) is 31.5. The van der Waals surface area contributed by atoms with Gasteiger partial charge in [-0.3, -0.25) is 4.79 Å². The summed E-state index contributed by atoms with van der Waals surface area (Å²) in [5.74, 6) is 0.310. The monoisotopic (exact) mass is 621 g/mol. The van der Waals surface area contributed by atoms with Crippen molar-refractivity contribution in [2.24, 2.45) is 0 Å². The smallest absolute Gasteiger partial charge is 0.433 e. The summed E-state index contributed by atoms with van der Waals surface area (Å²) in [6.45, 7) is 0.0500. The van der Waals surface area contributed by atoms with Crippen LogP contribution in [0.3, 0.4) is 0 Å². The van der Waals surface area contributed by atoms with E-state index in [1.807, 2.05) is 30.3 Å². The molecule has 12 heteroatoms. The number of methoxy groups -OCH3 is 2. The lowest BCUT2D eigenvalue weighted by molar-refractivity contribution is -0.141. The van der Waals surface area contributed by atoms with Crippen LogP contribution < -0.4 is 15.0 Å². The second-order valence-corrected chi connectivity index (χ2v) is 11.7. The van der Waals surface area contributed by atoms with Gasteiger partial charge in [0, 0.05) is 17.8 Å². The number of benzene rings is 3. The summed E-state index contributed by atoms with van der Waals surface area (Å²) in [5.41, 5.74) is 0.747. The maximum absolute atomic E-state index is 13.9. The minimum absolute atomic E-state index is 0.0500. The fourth-order valence-electron chi connectivity index (χ4n) is 4.55. The molecule has 2 aromatic heterocycles. The van der Waals surface area contributed by atoms with Crippen LogP contribution in [0, 0.1) is 0 Å². The van der Waals surface area contributed by atoms with Gasteiger partial charge in [-0.2, -0.15) is 13.2 Å². The van der Waals surface area contributed by atoms with Crippen LogP contribution >= 0.6 is 0 Å². The molecular formula is C32H26F3N3O5S. The summed E-state index contributed by atoms with van der Waals surface area (Å²) in [5, 5.41) is -0.966. The predicted octanol–water partition coefficient (Wildman–Crippen LogP) is 6.03. The van der Waals surface area contributed by atoms with Gasteiger partial charge < -0.3 is 14.0 Å². The third-order valence-corrected chi connectivity index (χ3v) is 8.22. The first-order valence-corrected chi connectivity index (χ1v) is 14.9. The molecule has 0 bridgehead atoms. The predicted molar refractivity (Wildman–Crippen MR) is 158 cm³/mol. The van der Waals surface area contributed by atoms with Crippen LogP contribution in [0.4, 0.5) is 13.2 Å². The Morgan fingerprint density at radius 1 is 0.750 bits per heavy atom. The van der Waals surface area contributed by atoms with Crippen LogP contribution in [-0.2, 0) is 28.3 Å². The van der Waals surface area contributed by atoms with Gasteiger partial charge in [-0.1, -0.05) is 60.7 Å². The molecule has 0 saturated heterocycles. The molecule has 0 radical (unpaired) electrons. The number of halogens is 3. The fourth-order valence-corrected chi connectivity index (χ4v) is 5.78. The molecule has 0 aliphatic heterocycles. The largest absolute Gasteiger partial charge is 0.493 e. The van der Waals surface area contributed by atoms with Gasteiger partial charge in [-0.15, -0.1) is 0 Å². The third-order valence-electron chi connectivity index (χ3n) is 6.77. The van der Waals surface area contributed by atoms with Gasteiger partial charge >= 0.3 is 6.18 Å². The normalized spacial score (nSPS) is 11.8. The van der Waals surface area contributed by atoms with E-state index in [4.69, 9.17) is 9.47 Å². The molecule has 2 heterocycles. The molecule has 0 saturated carbocycles. The number of hydrogen-bond donors (Lipinski definition) is 0. The Kier molecular flexibility index (Phi) is 8.54. The highest BCUT2D eigenvalue weighted by atomic mass is 32.2. The highest BCUT2D eigenvalue weighted by Gasteiger charge is 2.35. The Morgan fingerprint density at radius 2 is 1.39 bits per heavy atom. The molecule has 5 aromatic rings. The lowest BCUT2D eigenvalue weighted by atomic mass is 10.0. The summed E-state index contributed by atoms with van der Waals surface area (Å²) >= 11 is 0. The maximum atomic E-state index is 13.9. The zero-order valence-corrected chi connectivity index (χ0v) is 24.4. The molecular weight excluding hydrogens is 595 g/mol. The van der Waals surface area contributed by atoms with Crippen LogP contribution in [0.25, 0.3) is 22.4 Å². The Hall–Kier alpha value is -4.97. The molecule has 5 rings (SSSR count). The summed E-state index contributed by atoms with van der Waals surface area (Å²) in [6, 6.07) is 24.3. The second-order valence-electron chi connectivity index (χ2n) is 9.81. The van der Waals surface area contributed by atoms with E-state index in [-0.39, 0.29) is 17.8 Å². The summed E-state index contributed by atoms with van der Waals surface area (Å²) in [4.78, 5) is 20.1. The van der Waals surface area contributed by atoms with Crippen molar-refractivity contribution < 1.29 is 31.1 Å². The highest BCUT2D eigenvalue weighted by molar-refractivity contribution is 7.90. The van der Waals surface area contributed by atoms with Crippen molar-refractivity contribution in [3.05, 3.63) is 124 Å². The van der Waals surface area contributed by atoms with Gasteiger partial charge in [-0.05, 0) is 46.5 Å². The van der Waals surface area contributed by atoms with E-state index in [1.54, 1.807) is 42.5 Å². The molecule has 226 valence electrons.